The van der Waals surface area contributed by atoms with Crippen molar-refractivity contribution in [3.05, 3.63) is 88.0 Å². The summed E-state index contributed by atoms with van der Waals surface area (Å²) in [5.41, 5.74) is -1.51. The van der Waals surface area contributed by atoms with Crippen molar-refractivity contribution in [2.45, 2.75) is 22.9 Å². The molecule has 0 aliphatic carbocycles. The van der Waals surface area contributed by atoms with E-state index >= 15 is 0 Å². The summed E-state index contributed by atoms with van der Waals surface area (Å²) in [6, 6.07) is 15.6. The van der Waals surface area contributed by atoms with Crippen LogP contribution in [0.2, 0.25) is 0 Å². The molecule has 0 saturated heterocycles. The van der Waals surface area contributed by atoms with Crippen molar-refractivity contribution in [1.29, 1.82) is 0 Å². The molecule has 10 heteroatoms. The molecule has 3 aromatic carbocycles. The average molecular weight is 462 g/mol. The fraction of sp³-hybridized carbons (Fsp3) is 0.136. The summed E-state index contributed by atoms with van der Waals surface area (Å²) < 4.78 is 44.5. The Morgan fingerprint density at radius 3 is 2.44 bits per heavy atom. The summed E-state index contributed by atoms with van der Waals surface area (Å²) in [5, 5.41) is 13.9. The van der Waals surface area contributed by atoms with Crippen molar-refractivity contribution >= 4 is 29.0 Å². The van der Waals surface area contributed by atoms with Gasteiger partial charge in [-0.3, -0.25) is 14.9 Å². The quantitative estimate of drug-likeness (QED) is 0.324. The lowest BCUT2D eigenvalue weighted by atomic mass is 10.1. The zero-order chi connectivity index (χ0) is 23.3. The van der Waals surface area contributed by atoms with Crippen LogP contribution in [0.25, 0.3) is 0 Å². The maximum Gasteiger partial charge on any atom is 0.416 e. The number of carbonyl (C=O) groups is 1. The number of ether oxygens (including phenoxy) is 1. The summed E-state index contributed by atoms with van der Waals surface area (Å²) in [5.74, 6) is -0.746. The van der Waals surface area contributed by atoms with Gasteiger partial charge in [0.15, 0.2) is 0 Å². The van der Waals surface area contributed by atoms with Crippen LogP contribution in [0.5, 0.6) is 5.75 Å². The second kappa shape index (κ2) is 9.73. The molecular formula is C22H17F3N2O4S. The molecule has 6 nitrogen and oxygen atoms in total. The van der Waals surface area contributed by atoms with Gasteiger partial charge in [-0.2, -0.15) is 13.2 Å². The largest absolute Gasteiger partial charge is 0.492 e. The van der Waals surface area contributed by atoms with E-state index in [1.165, 1.54) is 12.1 Å². The van der Waals surface area contributed by atoms with Crippen LogP contribution in [0.1, 0.15) is 22.8 Å². The highest BCUT2D eigenvalue weighted by Gasteiger charge is 2.31. The Kier molecular flexibility index (Phi) is 7.04. The standard InChI is InChI=1S/C22H17F3N2O4S/c1-2-31-19-10-9-15(22(23,24)25)13-17(19)26-21(28)14-8-11-20(18(12-14)27(29)30)32-16-6-4-3-5-7-16/h3-13H,2H2,1H3,(H,26,28). The Morgan fingerprint density at radius 1 is 1.09 bits per heavy atom. The van der Waals surface area contributed by atoms with Crippen LogP contribution in [0, 0.1) is 10.1 Å². The zero-order valence-electron chi connectivity index (χ0n) is 16.7. The number of nitrogens with zero attached hydrogens (tertiary/aromatic N) is 1. The van der Waals surface area contributed by atoms with Gasteiger partial charge >= 0.3 is 6.18 Å². The van der Waals surface area contributed by atoms with E-state index in [1.807, 2.05) is 6.07 Å². The van der Waals surface area contributed by atoms with Gasteiger partial charge in [0, 0.05) is 16.5 Å². The smallest absolute Gasteiger partial charge is 0.416 e. The van der Waals surface area contributed by atoms with Gasteiger partial charge in [0.2, 0.25) is 0 Å². The van der Waals surface area contributed by atoms with Gasteiger partial charge in [0.1, 0.15) is 5.75 Å². The molecule has 0 spiro atoms. The fourth-order valence-corrected chi connectivity index (χ4v) is 3.70. The topological polar surface area (TPSA) is 81.5 Å². The van der Waals surface area contributed by atoms with E-state index in [4.69, 9.17) is 4.74 Å². The summed E-state index contributed by atoms with van der Waals surface area (Å²) >= 11 is 1.16. The van der Waals surface area contributed by atoms with Crippen molar-refractivity contribution in [1.82, 2.24) is 0 Å². The van der Waals surface area contributed by atoms with Gasteiger partial charge < -0.3 is 10.1 Å². The third-order valence-corrected chi connectivity index (χ3v) is 5.32. The lowest BCUT2D eigenvalue weighted by Crippen LogP contribution is -2.15. The van der Waals surface area contributed by atoms with E-state index in [9.17, 15) is 28.1 Å². The van der Waals surface area contributed by atoms with Crippen LogP contribution >= 0.6 is 11.8 Å². The third-order valence-electron chi connectivity index (χ3n) is 4.24. The van der Waals surface area contributed by atoms with Crippen LogP contribution in [-0.2, 0) is 6.18 Å². The summed E-state index contributed by atoms with van der Waals surface area (Å²) in [7, 11) is 0. The SMILES string of the molecule is CCOc1ccc(C(F)(F)F)cc1NC(=O)c1ccc(Sc2ccccc2)c([N+](=O)[O-])c1. The van der Waals surface area contributed by atoms with Crippen LogP contribution in [-0.4, -0.2) is 17.4 Å². The van der Waals surface area contributed by atoms with Gasteiger partial charge in [0.25, 0.3) is 11.6 Å². The Hall–Kier alpha value is -3.53. The number of alkyl halides is 3. The fourth-order valence-electron chi connectivity index (χ4n) is 2.78. The maximum atomic E-state index is 13.1. The molecule has 0 saturated carbocycles. The van der Waals surface area contributed by atoms with Crippen LogP contribution in [0.15, 0.2) is 76.5 Å². The Balaban J connectivity index is 1.91. The predicted molar refractivity (Wildman–Crippen MR) is 114 cm³/mol. The number of benzene rings is 3. The molecule has 0 atom stereocenters. The number of nitro groups is 1. The van der Waals surface area contributed by atoms with Crippen molar-refractivity contribution in [2.24, 2.45) is 0 Å². The molecule has 166 valence electrons. The summed E-state index contributed by atoms with van der Waals surface area (Å²) in [6.45, 7) is 1.82. The zero-order valence-corrected chi connectivity index (χ0v) is 17.5. The highest BCUT2D eigenvalue weighted by Crippen LogP contribution is 2.37. The van der Waals surface area contributed by atoms with Crippen LogP contribution < -0.4 is 10.1 Å². The van der Waals surface area contributed by atoms with Crippen molar-refractivity contribution in [3.8, 4) is 5.75 Å². The van der Waals surface area contributed by atoms with Gasteiger partial charge in [-0.25, -0.2) is 0 Å². The lowest BCUT2D eigenvalue weighted by Gasteiger charge is -2.15. The minimum absolute atomic E-state index is 0.0552. The molecule has 0 aliphatic rings. The number of amides is 1. The van der Waals surface area contributed by atoms with Crippen LogP contribution in [0.3, 0.4) is 0 Å². The molecular weight excluding hydrogens is 445 g/mol. The number of nitrogens with one attached hydrogen (secondary N) is 1. The Labute approximate surface area is 185 Å². The molecule has 0 bridgehead atoms. The van der Waals surface area contributed by atoms with E-state index in [1.54, 1.807) is 31.2 Å². The first-order valence-corrected chi connectivity index (χ1v) is 10.2. The molecule has 3 rings (SSSR count). The number of rotatable bonds is 7. The number of carbonyl (C=O) groups excluding carboxylic acids is 1. The maximum absolute atomic E-state index is 13.1. The predicted octanol–water partition coefficient (Wildman–Crippen LogP) is 6.42. The summed E-state index contributed by atoms with van der Waals surface area (Å²) in [4.78, 5) is 24.7. The van der Waals surface area contributed by atoms with Crippen molar-refractivity contribution in [3.63, 3.8) is 0 Å². The first kappa shape index (κ1) is 23.1. The number of nitro benzene ring substituents is 1. The molecule has 32 heavy (non-hydrogen) atoms. The highest BCUT2D eigenvalue weighted by atomic mass is 32.2. The monoisotopic (exact) mass is 462 g/mol. The number of hydrogen-bond donors (Lipinski definition) is 1. The Morgan fingerprint density at radius 2 is 1.81 bits per heavy atom. The molecule has 0 aliphatic heterocycles. The molecule has 0 unspecified atom stereocenters. The highest BCUT2D eigenvalue weighted by molar-refractivity contribution is 7.99. The van der Waals surface area contributed by atoms with Gasteiger partial charge in [-0.1, -0.05) is 30.0 Å². The molecule has 1 amide bonds. The van der Waals surface area contributed by atoms with E-state index in [-0.39, 0.29) is 29.3 Å². The van der Waals surface area contributed by atoms with E-state index in [0.717, 1.165) is 40.9 Å². The molecule has 0 aromatic heterocycles. The minimum Gasteiger partial charge on any atom is -0.492 e. The van der Waals surface area contributed by atoms with E-state index < -0.39 is 22.6 Å². The van der Waals surface area contributed by atoms with Crippen LogP contribution in [0.4, 0.5) is 24.5 Å². The molecule has 0 fully saturated rings. The number of anilines is 1. The Bertz CT molecular complexity index is 1140. The number of hydrogen-bond acceptors (Lipinski definition) is 5. The van der Waals surface area contributed by atoms with E-state index in [0.29, 0.717) is 4.90 Å². The van der Waals surface area contributed by atoms with Crippen molar-refractivity contribution < 1.29 is 27.6 Å². The van der Waals surface area contributed by atoms with Gasteiger partial charge in [-0.15, -0.1) is 0 Å². The third kappa shape index (κ3) is 5.58. The van der Waals surface area contributed by atoms with E-state index in [2.05, 4.69) is 5.32 Å². The van der Waals surface area contributed by atoms with Crippen molar-refractivity contribution in [2.75, 3.05) is 11.9 Å². The normalized spacial score (nSPS) is 11.1. The first-order valence-electron chi connectivity index (χ1n) is 9.35. The first-order chi connectivity index (χ1) is 15.2. The molecule has 3 aromatic rings. The minimum atomic E-state index is -4.61. The second-order valence-corrected chi connectivity index (χ2v) is 7.57. The van der Waals surface area contributed by atoms with Gasteiger partial charge in [-0.05, 0) is 49.4 Å². The summed E-state index contributed by atoms with van der Waals surface area (Å²) in [6.07, 6.45) is -4.61. The lowest BCUT2D eigenvalue weighted by molar-refractivity contribution is -0.387. The molecule has 1 N–H and O–H groups in total. The second-order valence-electron chi connectivity index (χ2n) is 6.45. The average Bonchev–Trinajstić information content (AvgIpc) is 2.75. The van der Waals surface area contributed by atoms with Gasteiger partial charge in [0.05, 0.1) is 27.7 Å². The molecule has 0 radical (unpaired) electrons. The number of halogens is 3. The molecule has 0 heterocycles.